The molecule has 0 heterocycles. The first kappa shape index (κ1) is 18.3. The minimum Gasteiger partial charge on any atom is -0.348 e. The van der Waals surface area contributed by atoms with E-state index < -0.39 is 10.0 Å². The number of benzene rings is 2. The second-order valence-corrected chi connectivity index (χ2v) is 7.86. The molecule has 1 amide bonds. The first-order valence-corrected chi connectivity index (χ1v) is 9.73. The highest BCUT2D eigenvalue weighted by Crippen LogP contribution is 2.22. The normalized spacial score (nSPS) is 14.5. The fraction of sp³-hybridized carbons (Fsp3) is 0.211. The van der Waals surface area contributed by atoms with Crippen molar-refractivity contribution in [3.8, 4) is 0 Å². The Balaban J connectivity index is 1.55. The van der Waals surface area contributed by atoms with E-state index in [2.05, 4.69) is 10.0 Å². The third-order valence-electron chi connectivity index (χ3n) is 3.87. The first-order chi connectivity index (χ1) is 12.4. The van der Waals surface area contributed by atoms with Gasteiger partial charge in [0.15, 0.2) is 0 Å². The molecule has 136 valence electrons. The van der Waals surface area contributed by atoms with Crippen LogP contribution in [0, 0.1) is 5.82 Å². The van der Waals surface area contributed by atoms with Crippen LogP contribution in [-0.2, 0) is 21.4 Å². The van der Waals surface area contributed by atoms with E-state index in [4.69, 9.17) is 0 Å². The molecule has 0 aliphatic heterocycles. The van der Waals surface area contributed by atoms with Gasteiger partial charge in [0.05, 0.1) is 4.90 Å². The number of nitrogens with one attached hydrogen (secondary N) is 2. The van der Waals surface area contributed by atoms with Crippen LogP contribution in [0.2, 0.25) is 0 Å². The van der Waals surface area contributed by atoms with Crippen LogP contribution in [0.4, 0.5) is 4.39 Å². The maximum absolute atomic E-state index is 13.1. The molecule has 0 aromatic heterocycles. The molecule has 1 aliphatic carbocycles. The van der Waals surface area contributed by atoms with E-state index >= 15 is 0 Å². The third-order valence-corrected chi connectivity index (χ3v) is 5.41. The smallest absolute Gasteiger partial charge is 0.244 e. The van der Waals surface area contributed by atoms with Crippen LogP contribution < -0.4 is 10.0 Å². The van der Waals surface area contributed by atoms with E-state index in [1.54, 1.807) is 30.3 Å². The van der Waals surface area contributed by atoms with Crippen molar-refractivity contribution in [2.24, 2.45) is 0 Å². The number of sulfonamides is 1. The molecule has 2 aromatic rings. The number of halogens is 1. The molecule has 1 fully saturated rings. The van der Waals surface area contributed by atoms with E-state index in [1.807, 2.05) is 0 Å². The lowest BCUT2D eigenvalue weighted by Crippen LogP contribution is -2.25. The predicted octanol–water partition coefficient (Wildman–Crippen LogP) is 2.60. The zero-order chi connectivity index (χ0) is 18.6. The van der Waals surface area contributed by atoms with Crippen LogP contribution >= 0.6 is 0 Å². The molecule has 1 aliphatic rings. The molecular formula is C19H19FN2O3S. The summed E-state index contributed by atoms with van der Waals surface area (Å²) in [5.74, 6) is -0.667. The van der Waals surface area contributed by atoms with Crippen molar-refractivity contribution in [2.45, 2.75) is 30.3 Å². The molecule has 2 N–H and O–H groups in total. The van der Waals surface area contributed by atoms with Gasteiger partial charge in [-0.15, -0.1) is 0 Å². The monoisotopic (exact) mass is 374 g/mol. The van der Waals surface area contributed by atoms with Gasteiger partial charge in [0.25, 0.3) is 0 Å². The fourth-order valence-electron chi connectivity index (χ4n) is 2.31. The predicted molar refractivity (Wildman–Crippen MR) is 97.1 cm³/mol. The van der Waals surface area contributed by atoms with Gasteiger partial charge in [-0.3, -0.25) is 4.79 Å². The molecule has 2 aromatic carbocycles. The van der Waals surface area contributed by atoms with E-state index in [9.17, 15) is 17.6 Å². The largest absolute Gasteiger partial charge is 0.348 e. The Morgan fingerprint density at radius 2 is 1.88 bits per heavy atom. The Hall–Kier alpha value is -2.51. The van der Waals surface area contributed by atoms with Crippen molar-refractivity contribution < 1.29 is 17.6 Å². The molecule has 1 saturated carbocycles. The quantitative estimate of drug-likeness (QED) is 0.732. The number of rotatable bonds is 7. The van der Waals surface area contributed by atoms with Gasteiger partial charge in [-0.25, -0.2) is 17.5 Å². The lowest BCUT2D eigenvalue weighted by atomic mass is 10.2. The Labute approximate surface area is 152 Å². The van der Waals surface area contributed by atoms with Crippen LogP contribution in [0.15, 0.2) is 59.5 Å². The fourth-order valence-corrected chi connectivity index (χ4v) is 3.62. The van der Waals surface area contributed by atoms with Crippen LogP contribution in [0.5, 0.6) is 0 Å². The molecule has 0 saturated heterocycles. The second-order valence-electron chi connectivity index (χ2n) is 6.15. The maximum Gasteiger partial charge on any atom is 0.244 e. The van der Waals surface area contributed by atoms with Crippen LogP contribution in [-0.4, -0.2) is 20.4 Å². The lowest BCUT2D eigenvalue weighted by Gasteiger charge is -2.05. The Morgan fingerprint density at radius 1 is 1.15 bits per heavy atom. The van der Waals surface area contributed by atoms with Gasteiger partial charge in [0.2, 0.25) is 15.9 Å². The number of hydrogen-bond donors (Lipinski definition) is 2. The average Bonchev–Trinajstić information content (AvgIpc) is 3.42. The van der Waals surface area contributed by atoms with Gasteiger partial charge < -0.3 is 5.32 Å². The molecular weight excluding hydrogens is 355 g/mol. The van der Waals surface area contributed by atoms with E-state index in [0.717, 1.165) is 12.8 Å². The summed E-state index contributed by atoms with van der Waals surface area (Å²) < 4.78 is 39.9. The van der Waals surface area contributed by atoms with Gasteiger partial charge in [-0.1, -0.05) is 24.3 Å². The molecule has 0 spiro atoms. The van der Waals surface area contributed by atoms with Crippen molar-refractivity contribution in [1.29, 1.82) is 0 Å². The minimum absolute atomic E-state index is 0.0568. The number of hydrogen-bond acceptors (Lipinski definition) is 3. The summed E-state index contributed by atoms with van der Waals surface area (Å²) in [7, 11) is -3.47. The molecule has 5 nitrogen and oxygen atoms in total. The van der Waals surface area contributed by atoms with Crippen molar-refractivity contribution in [3.63, 3.8) is 0 Å². The Bertz CT molecular complexity index is 920. The van der Waals surface area contributed by atoms with Gasteiger partial charge in [-0.05, 0) is 54.3 Å². The summed E-state index contributed by atoms with van der Waals surface area (Å²) in [5.41, 5.74) is 1.38. The topological polar surface area (TPSA) is 75.3 Å². The van der Waals surface area contributed by atoms with E-state index in [-0.39, 0.29) is 29.2 Å². The van der Waals surface area contributed by atoms with Gasteiger partial charge in [-0.2, -0.15) is 0 Å². The van der Waals surface area contributed by atoms with Crippen LogP contribution in [0.3, 0.4) is 0 Å². The van der Waals surface area contributed by atoms with E-state index in [1.165, 1.54) is 30.3 Å². The van der Waals surface area contributed by atoms with Crippen molar-refractivity contribution in [3.05, 3.63) is 71.6 Å². The van der Waals surface area contributed by atoms with Gasteiger partial charge in [0, 0.05) is 18.7 Å². The average molecular weight is 374 g/mol. The first-order valence-electron chi connectivity index (χ1n) is 8.25. The molecule has 0 atom stereocenters. The summed E-state index contributed by atoms with van der Waals surface area (Å²) in [6.07, 6.45) is 4.70. The summed E-state index contributed by atoms with van der Waals surface area (Å²) >= 11 is 0. The molecule has 0 unspecified atom stereocenters. The van der Waals surface area contributed by atoms with Crippen molar-refractivity contribution >= 4 is 22.0 Å². The lowest BCUT2D eigenvalue weighted by molar-refractivity contribution is -0.116. The number of carbonyl (C=O) groups is 1. The standard InChI is InChI=1S/C19H19FN2O3S/c20-16-3-1-2-15(12-16)13-21-19(23)11-6-14-4-9-18(10-5-14)26(24,25)22-17-7-8-17/h1-6,9-12,17,22H,7-8,13H2,(H,21,23)/b11-6+. The zero-order valence-corrected chi connectivity index (χ0v) is 14.8. The molecule has 7 heteroatoms. The van der Waals surface area contributed by atoms with Crippen molar-refractivity contribution in [2.75, 3.05) is 0 Å². The van der Waals surface area contributed by atoms with Crippen LogP contribution in [0.1, 0.15) is 24.0 Å². The zero-order valence-electron chi connectivity index (χ0n) is 14.0. The maximum atomic E-state index is 13.1. The summed E-state index contributed by atoms with van der Waals surface area (Å²) in [4.78, 5) is 12.0. The Morgan fingerprint density at radius 3 is 2.54 bits per heavy atom. The molecule has 0 radical (unpaired) electrons. The van der Waals surface area contributed by atoms with Crippen LogP contribution in [0.25, 0.3) is 6.08 Å². The van der Waals surface area contributed by atoms with Crippen molar-refractivity contribution in [1.82, 2.24) is 10.0 Å². The molecule has 3 rings (SSSR count). The SMILES string of the molecule is O=C(/C=C/c1ccc(S(=O)(=O)NC2CC2)cc1)NCc1cccc(F)c1. The Kier molecular flexibility index (Phi) is 5.49. The molecule has 26 heavy (non-hydrogen) atoms. The number of amides is 1. The van der Waals surface area contributed by atoms with E-state index in [0.29, 0.717) is 11.1 Å². The summed E-state index contributed by atoms with van der Waals surface area (Å²) in [6, 6.07) is 12.4. The summed E-state index contributed by atoms with van der Waals surface area (Å²) in [6.45, 7) is 0.227. The van der Waals surface area contributed by atoms with Gasteiger partial charge in [0.1, 0.15) is 5.82 Å². The highest BCUT2D eigenvalue weighted by Gasteiger charge is 2.27. The van der Waals surface area contributed by atoms with Gasteiger partial charge >= 0.3 is 0 Å². The summed E-state index contributed by atoms with van der Waals surface area (Å²) in [5, 5.41) is 2.66. The minimum atomic E-state index is -3.47. The third kappa shape index (κ3) is 5.24. The highest BCUT2D eigenvalue weighted by molar-refractivity contribution is 7.89. The molecule has 0 bridgehead atoms. The highest BCUT2D eigenvalue weighted by atomic mass is 32.2. The second kappa shape index (κ2) is 7.80. The number of carbonyl (C=O) groups excluding carboxylic acids is 1.